The van der Waals surface area contributed by atoms with Gasteiger partial charge in [0.25, 0.3) is 0 Å². The first-order valence-electron chi connectivity index (χ1n) is 2.37. The standard InChI is InChI=1S/C3H8NO5P/c1-2(4)3(5)9-10(6,7)8/h2H,4H2,1H3,(H2,6,7,8)/t2-/m1/s1. The molecule has 0 bridgehead atoms. The summed E-state index contributed by atoms with van der Waals surface area (Å²) in [4.78, 5) is 26.4. The lowest BCUT2D eigenvalue weighted by Gasteiger charge is -2.06. The summed E-state index contributed by atoms with van der Waals surface area (Å²) < 4.78 is 13.5. The van der Waals surface area contributed by atoms with Crippen LogP contribution in [-0.2, 0) is 13.9 Å². The quantitative estimate of drug-likeness (QED) is 0.456. The number of carbonyl (C=O) groups excluding carboxylic acids is 1. The second-order valence-corrected chi connectivity index (χ2v) is 2.85. The van der Waals surface area contributed by atoms with Crippen LogP contribution in [0.25, 0.3) is 0 Å². The Labute approximate surface area is 57.2 Å². The minimum Gasteiger partial charge on any atom is -0.369 e. The van der Waals surface area contributed by atoms with Crippen molar-refractivity contribution >= 4 is 13.8 Å². The zero-order valence-electron chi connectivity index (χ0n) is 5.22. The van der Waals surface area contributed by atoms with Crippen LogP contribution in [0.2, 0.25) is 0 Å². The molecule has 0 heterocycles. The van der Waals surface area contributed by atoms with Gasteiger partial charge in [-0.1, -0.05) is 0 Å². The van der Waals surface area contributed by atoms with Crippen LogP contribution in [-0.4, -0.2) is 21.8 Å². The number of rotatable bonds is 2. The van der Waals surface area contributed by atoms with Crippen LogP contribution in [0.5, 0.6) is 0 Å². The van der Waals surface area contributed by atoms with Crippen LogP contribution >= 0.6 is 7.82 Å². The third-order valence-electron chi connectivity index (χ3n) is 0.581. The molecule has 1 atom stereocenters. The maximum Gasteiger partial charge on any atom is 0.527 e. The maximum absolute atomic E-state index is 10.3. The molecule has 60 valence electrons. The summed E-state index contributed by atoms with van der Waals surface area (Å²) in [6, 6.07) is -1.02. The van der Waals surface area contributed by atoms with E-state index in [1.165, 1.54) is 6.92 Å². The van der Waals surface area contributed by atoms with E-state index in [1.807, 2.05) is 0 Å². The van der Waals surface area contributed by atoms with Crippen molar-refractivity contribution in [2.24, 2.45) is 5.73 Å². The molecule has 0 spiro atoms. The van der Waals surface area contributed by atoms with Crippen LogP contribution in [0.15, 0.2) is 0 Å². The third kappa shape index (κ3) is 4.46. The average Bonchev–Trinajstić information content (AvgIpc) is 1.60. The molecule has 0 fully saturated rings. The Balaban J connectivity index is 3.94. The van der Waals surface area contributed by atoms with Crippen molar-refractivity contribution < 1.29 is 23.7 Å². The van der Waals surface area contributed by atoms with Crippen molar-refractivity contribution in [2.75, 3.05) is 0 Å². The summed E-state index contributed by atoms with van der Waals surface area (Å²) in [5.74, 6) is -1.12. The summed E-state index contributed by atoms with van der Waals surface area (Å²) in [6.45, 7) is 1.26. The van der Waals surface area contributed by atoms with Crippen molar-refractivity contribution in [3.05, 3.63) is 0 Å². The van der Waals surface area contributed by atoms with Gasteiger partial charge in [-0.05, 0) is 6.92 Å². The monoisotopic (exact) mass is 169 g/mol. The number of nitrogens with two attached hydrogens (primary N) is 1. The Morgan fingerprint density at radius 1 is 1.70 bits per heavy atom. The van der Waals surface area contributed by atoms with E-state index in [1.54, 1.807) is 0 Å². The minimum atomic E-state index is -4.71. The first kappa shape index (κ1) is 9.58. The van der Waals surface area contributed by atoms with E-state index >= 15 is 0 Å². The number of phosphoric ester groups is 1. The first-order chi connectivity index (χ1) is 4.33. The molecule has 0 aromatic carbocycles. The molecule has 0 aromatic rings. The second-order valence-electron chi connectivity index (χ2n) is 1.69. The highest BCUT2D eigenvalue weighted by molar-refractivity contribution is 7.46. The predicted molar refractivity (Wildman–Crippen MR) is 31.8 cm³/mol. The first-order valence-corrected chi connectivity index (χ1v) is 3.90. The van der Waals surface area contributed by atoms with Crippen molar-refractivity contribution in [3.63, 3.8) is 0 Å². The smallest absolute Gasteiger partial charge is 0.369 e. The van der Waals surface area contributed by atoms with Crippen LogP contribution in [0, 0.1) is 0 Å². The highest BCUT2D eigenvalue weighted by atomic mass is 31.2. The van der Waals surface area contributed by atoms with Crippen molar-refractivity contribution in [1.82, 2.24) is 0 Å². The lowest BCUT2D eigenvalue weighted by molar-refractivity contribution is -0.136. The molecule has 7 heteroatoms. The van der Waals surface area contributed by atoms with Gasteiger partial charge in [0.2, 0.25) is 0 Å². The molecule has 0 amide bonds. The van der Waals surface area contributed by atoms with Crippen LogP contribution in [0.1, 0.15) is 6.92 Å². The summed E-state index contributed by atoms with van der Waals surface area (Å²) in [5, 5.41) is 0. The fourth-order valence-corrected chi connectivity index (χ4v) is 0.601. The molecule has 0 radical (unpaired) electrons. The number of phosphoric acid groups is 1. The molecule has 0 aliphatic rings. The Kier molecular flexibility index (Phi) is 2.98. The second kappa shape index (κ2) is 3.12. The molecule has 0 aliphatic heterocycles. The van der Waals surface area contributed by atoms with Gasteiger partial charge in [0.15, 0.2) is 0 Å². The van der Waals surface area contributed by atoms with Crippen molar-refractivity contribution in [1.29, 1.82) is 0 Å². The molecule has 0 rings (SSSR count). The fourth-order valence-electron chi connectivity index (χ4n) is 0.200. The predicted octanol–water partition coefficient (Wildman–Crippen LogP) is -1.03. The topological polar surface area (TPSA) is 110 Å². The molecular weight excluding hydrogens is 161 g/mol. The SMILES string of the molecule is C[C@@H](N)C(=O)OP(=O)(O)O. The van der Waals surface area contributed by atoms with Crippen LogP contribution < -0.4 is 5.73 Å². The zero-order chi connectivity index (χ0) is 8.36. The highest BCUT2D eigenvalue weighted by Gasteiger charge is 2.22. The summed E-state index contributed by atoms with van der Waals surface area (Å²) in [5.41, 5.74) is 4.93. The summed E-state index contributed by atoms with van der Waals surface area (Å²) >= 11 is 0. The zero-order valence-corrected chi connectivity index (χ0v) is 6.12. The molecule has 10 heavy (non-hydrogen) atoms. The fraction of sp³-hybridized carbons (Fsp3) is 0.667. The Bertz CT molecular complexity index is 172. The van der Waals surface area contributed by atoms with E-state index < -0.39 is 19.8 Å². The summed E-state index contributed by atoms with van der Waals surface area (Å²) in [7, 11) is -4.71. The third-order valence-corrected chi connectivity index (χ3v) is 0.998. The van der Waals surface area contributed by atoms with Crippen LogP contribution in [0.4, 0.5) is 0 Å². The van der Waals surface area contributed by atoms with Gasteiger partial charge >= 0.3 is 13.8 Å². The average molecular weight is 169 g/mol. The van der Waals surface area contributed by atoms with E-state index in [0.717, 1.165) is 0 Å². The molecule has 0 unspecified atom stereocenters. The number of hydrogen-bond acceptors (Lipinski definition) is 4. The van der Waals surface area contributed by atoms with E-state index in [9.17, 15) is 9.36 Å². The van der Waals surface area contributed by atoms with Crippen molar-refractivity contribution in [3.8, 4) is 0 Å². The molecule has 0 aliphatic carbocycles. The number of carbonyl (C=O) groups is 1. The van der Waals surface area contributed by atoms with E-state index in [2.05, 4.69) is 4.52 Å². The largest absolute Gasteiger partial charge is 0.527 e. The Morgan fingerprint density at radius 2 is 2.10 bits per heavy atom. The van der Waals surface area contributed by atoms with Gasteiger partial charge in [-0.15, -0.1) is 0 Å². The van der Waals surface area contributed by atoms with E-state index in [0.29, 0.717) is 0 Å². The van der Waals surface area contributed by atoms with Gasteiger partial charge in [-0.25, -0.2) is 9.36 Å². The minimum absolute atomic E-state index is 1.02. The molecule has 0 saturated carbocycles. The lowest BCUT2D eigenvalue weighted by Crippen LogP contribution is -2.27. The molecule has 0 aromatic heterocycles. The molecular formula is C3H8NO5P. The van der Waals surface area contributed by atoms with Gasteiger partial charge in [-0.3, -0.25) is 9.79 Å². The van der Waals surface area contributed by atoms with E-state index in [-0.39, 0.29) is 0 Å². The normalized spacial score (nSPS) is 14.4. The molecule has 6 nitrogen and oxygen atoms in total. The Morgan fingerprint density at radius 3 is 2.20 bits per heavy atom. The van der Waals surface area contributed by atoms with Crippen molar-refractivity contribution in [2.45, 2.75) is 13.0 Å². The van der Waals surface area contributed by atoms with Gasteiger partial charge < -0.3 is 10.3 Å². The van der Waals surface area contributed by atoms with Gasteiger partial charge in [0, 0.05) is 0 Å². The van der Waals surface area contributed by atoms with Gasteiger partial charge in [-0.2, -0.15) is 0 Å². The van der Waals surface area contributed by atoms with Gasteiger partial charge in [0.05, 0.1) is 0 Å². The van der Waals surface area contributed by atoms with Gasteiger partial charge in [0.1, 0.15) is 6.04 Å². The molecule has 0 saturated heterocycles. The van der Waals surface area contributed by atoms with E-state index in [4.69, 9.17) is 15.5 Å². The number of hydrogen-bond donors (Lipinski definition) is 3. The highest BCUT2D eigenvalue weighted by Crippen LogP contribution is 2.35. The molecule has 4 N–H and O–H groups in total. The Hall–Kier alpha value is -0.420. The lowest BCUT2D eigenvalue weighted by atomic mass is 10.4. The maximum atomic E-state index is 10.3. The van der Waals surface area contributed by atoms with Crippen LogP contribution in [0.3, 0.4) is 0 Å². The summed E-state index contributed by atoms with van der Waals surface area (Å²) in [6.07, 6.45) is 0.